The normalized spacial score (nSPS) is 11.6. The van der Waals surface area contributed by atoms with Gasteiger partial charge in [0.15, 0.2) is 5.78 Å². The molecule has 0 atom stereocenters. The van der Waals surface area contributed by atoms with Gasteiger partial charge in [-0.25, -0.2) is 0 Å². The number of hydrogen-bond donors (Lipinski definition) is 2. The van der Waals surface area contributed by atoms with Gasteiger partial charge in [-0.1, -0.05) is 48.6 Å². The number of alkyl halides is 3. The first kappa shape index (κ1) is 31.9. The summed E-state index contributed by atoms with van der Waals surface area (Å²) in [6.07, 6.45) is -0.116. The lowest BCUT2D eigenvalue weighted by atomic mass is 9.98. The maximum atomic E-state index is 14.0. The molecular weight excluding hydrogens is 579 g/mol. The Hall–Kier alpha value is -5.06. The molecule has 0 aliphatic carbocycles. The van der Waals surface area contributed by atoms with Gasteiger partial charge < -0.3 is 24.3 Å². The third-order valence-corrected chi connectivity index (χ3v) is 6.68. The molecule has 230 valence electrons. The molecule has 3 aromatic carbocycles. The Morgan fingerprint density at radius 2 is 1.41 bits per heavy atom. The highest BCUT2D eigenvalue weighted by molar-refractivity contribution is 6.12. The van der Waals surface area contributed by atoms with Gasteiger partial charge in [0.25, 0.3) is 0 Å². The predicted molar refractivity (Wildman–Crippen MR) is 158 cm³/mol. The molecule has 0 aliphatic rings. The second kappa shape index (κ2) is 14.4. The molecule has 0 amide bonds. The van der Waals surface area contributed by atoms with Gasteiger partial charge in [0.2, 0.25) is 0 Å². The second-order valence-corrected chi connectivity index (χ2v) is 9.92. The molecule has 2 N–H and O–H groups in total. The lowest BCUT2D eigenvalue weighted by Gasteiger charge is -2.12. The third kappa shape index (κ3) is 8.50. The van der Waals surface area contributed by atoms with Crippen molar-refractivity contribution in [3.05, 3.63) is 95.2 Å². The van der Waals surface area contributed by atoms with Crippen molar-refractivity contribution >= 4 is 40.8 Å². The first-order valence-corrected chi connectivity index (χ1v) is 13.8. The van der Waals surface area contributed by atoms with Gasteiger partial charge in [-0.15, -0.1) is 0 Å². The van der Waals surface area contributed by atoms with E-state index in [1.807, 2.05) is 30.3 Å². The Balaban J connectivity index is 1.51. The molecule has 0 radical (unpaired) electrons. The summed E-state index contributed by atoms with van der Waals surface area (Å²) in [7, 11) is 0. The molecule has 8 nitrogen and oxygen atoms in total. The fraction of sp³-hybridized carbons (Fsp3) is 0.242. The van der Waals surface area contributed by atoms with Crippen LogP contribution in [0.4, 0.5) is 13.2 Å². The lowest BCUT2D eigenvalue weighted by Crippen LogP contribution is -2.10. The summed E-state index contributed by atoms with van der Waals surface area (Å²) in [5.41, 5.74) is -0.618. The van der Waals surface area contributed by atoms with Crippen molar-refractivity contribution in [1.29, 1.82) is 0 Å². The maximum absolute atomic E-state index is 14.0. The molecule has 4 rings (SSSR count). The molecule has 44 heavy (non-hydrogen) atoms. The maximum Gasteiger partial charge on any atom is 0.417 e. The van der Waals surface area contributed by atoms with E-state index in [1.54, 1.807) is 30.3 Å². The van der Waals surface area contributed by atoms with Crippen LogP contribution in [0.5, 0.6) is 11.5 Å². The van der Waals surface area contributed by atoms with Gasteiger partial charge in [0.1, 0.15) is 18.0 Å². The van der Waals surface area contributed by atoms with Gasteiger partial charge in [0.05, 0.1) is 30.7 Å². The third-order valence-electron chi connectivity index (χ3n) is 6.68. The number of Topliss-reactive ketones (excluding diaryl/α,β-unsaturated/α-hetero) is 1. The number of ketones is 1. The van der Waals surface area contributed by atoms with Crippen LogP contribution in [0.3, 0.4) is 0 Å². The number of carboxylic acids is 2. The highest BCUT2D eigenvalue weighted by atomic mass is 19.4. The van der Waals surface area contributed by atoms with Crippen molar-refractivity contribution in [2.45, 2.75) is 38.4 Å². The topological polar surface area (TPSA) is 115 Å². The van der Waals surface area contributed by atoms with Gasteiger partial charge in [-0.2, -0.15) is 13.2 Å². The number of nitrogens with zero attached hydrogens (tertiary/aromatic N) is 1. The highest BCUT2D eigenvalue weighted by Gasteiger charge is 2.36. The van der Waals surface area contributed by atoms with Crippen LogP contribution >= 0.6 is 0 Å². The highest BCUT2D eigenvalue weighted by Crippen LogP contribution is 2.39. The molecule has 0 aliphatic heterocycles. The first-order chi connectivity index (χ1) is 21.0. The van der Waals surface area contributed by atoms with Crippen molar-refractivity contribution in [2.24, 2.45) is 0 Å². The molecule has 1 heterocycles. The number of carboxylic acid groups (broad SMARTS) is 2. The van der Waals surface area contributed by atoms with Crippen LogP contribution in [0.1, 0.15) is 52.7 Å². The molecule has 0 saturated carbocycles. The lowest BCUT2D eigenvalue weighted by molar-refractivity contribution is -0.138. The summed E-state index contributed by atoms with van der Waals surface area (Å²) < 4.78 is 54.6. The van der Waals surface area contributed by atoms with Crippen LogP contribution in [-0.2, 0) is 22.3 Å². The van der Waals surface area contributed by atoms with Crippen molar-refractivity contribution in [2.75, 3.05) is 13.2 Å². The number of ether oxygens (including phenoxy) is 2. The summed E-state index contributed by atoms with van der Waals surface area (Å²) in [6, 6.07) is 18.6. The smallest absolute Gasteiger partial charge is 0.417 e. The Morgan fingerprint density at radius 3 is 2.00 bits per heavy atom. The number of benzene rings is 3. The molecule has 0 fully saturated rings. The molecular formula is C33H30F3NO7. The van der Waals surface area contributed by atoms with Crippen LogP contribution in [0, 0.1) is 0 Å². The quantitative estimate of drug-likeness (QED) is 0.0832. The number of fused-ring (bicyclic) bond motifs is 1. The van der Waals surface area contributed by atoms with Gasteiger partial charge >= 0.3 is 18.1 Å². The Morgan fingerprint density at radius 1 is 0.773 bits per heavy atom. The molecule has 1 aromatic heterocycles. The van der Waals surface area contributed by atoms with E-state index in [4.69, 9.17) is 14.6 Å². The fourth-order valence-corrected chi connectivity index (χ4v) is 4.64. The van der Waals surface area contributed by atoms with E-state index in [-0.39, 0.29) is 16.6 Å². The van der Waals surface area contributed by atoms with E-state index in [2.05, 4.69) is 0 Å². The minimum absolute atomic E-state index is 0.0895. The number of aliphatic carboxylic acids is 2. The summed E-state index contributed by atoms with van der Waals surface area (Å²) in [5, 5.41) is 17.9. The minimum Gasteiger partial charge on any atom is -0.494 e. The largest absolute Gasteiger partial charge is 0.494 e. The Bertz CT molecular complexity index is 1640. The van der Waals surface area contributed by atoms with Gasteiger partial charge in [-0.05, 0) is 54.3 Å². The zero-order chi connectivity index (χ0) is 31.7. The predicted octanol–water partition coefficient (Wildman–Crippen LogP) is 7.20. The van der Waals surface area contributed by atoms with E-state index < -0.39 is 54.2 Å². The number of carbonyl (C=O) groups excluding carboxylic acids is 1. The van der Waals surface area contributed by atoms with Crippen LogP contribution in [0.25, 0.3) is 23.1 Å². The number of rotatable bonds is 15. The average Bonchev–Trinajstić information content (AvgIpc) is 3.35. The zero-order valence-electron chi connectivity index (χ0n) is 23.5. The first-order valence-electron chi connectivity index (χ1n) is 13.8. The Labute approximate surface area is 250 Å². The summed E-state index contributed by atoms with van der Waals surface area (Å²) in [4.78, 5) is 35.3. The molecule has 0 unspecified atom stereocenters. The molecule has 0 spiro atoms. The number of unbranched alkanes of at least 4 members (excludes halogenated alkanes) is 1. The summed E-state index contributed by atoms with van der Waals surface area (Å²) >= 11 is 0. The number of aromatic nitrogens is 1. The SMILES string of the molecule is O=C(O)CCC(=O)c1cn(CC(=O)O)c2c(C=Cc3ccc(OCCCCOc4ccccc4)cc3)ccc(C(F)(F)F)c12. The van der Waals surface area contributed by atoms with E-state index in [0.717, 1.165) is 35.4 Å². The van der Waals surface area contributed by atoms with E-state index in [1.165, 1.54) is 12.1 Å². The van der Waals surface area contributed by atoms with Crippen LogP contribution < -0.4 is 9.47 Å². The number of halogens is 3. The number of hydrogen-bond acceptors (Lipinski definition) is 5. The summed E-state index contributed by atoms with van der Waals surface area (Å²) in [5.74, 6) is -1.97. The van der Waals surface area contributed by atoms with E-state index in [0.29, 0.717) is 24.5 Å². The van der Waals surface area contributed by atoms with Crippen molar-refractivity contribution < 1.29 is 47.2 Å². The van der Waals surface area contributed by atoms with Crippen LogP contribution in [0.2, 0.25) is 0 Å². The monoisotopic (exact) mass is 609 g/mol. The number of carbonyl (C=O) groups is 3. The second-order valence-electron chi connectivity index (χ2n) is 9.92. The van der Waals surface area contributed by atoms with E-state index in [9.17, 15) is 32.7 Å². The van der Waals surface area contributed by atoms with E-state index >= 15 is 0 Å². The molecule has 11 heteroatoms. The molecule has 0 saturated heterocycles. The summed E-state index contributed by atoms with van der Waals surface area (Å²) in [6.45, 7) is 0.363. The van der Waals surface area contributed by atoms with Gasteiger partial charge in [0, 0.05) is 23.6 Å². The average molecular weight is 610 g/mol. The minimum atomic E-state index is -4.84. The van der Waals surface area contributed by atoms with Gasteiger partial charge in [-0.3, -0.25) is 14.4 Å². The fourth-order valence-electron chi connectivity index (χ4n) is 4.64. The van der Waals surface area contributed by atoms with Crippen molar-refractivity contribution in [3.63, 3.8) is 0 Å². The van der Waals surface area contributed by atoms with Crippen LogP contribution in [0.15, 0.2) is 72.9 Å². The standard InChI is InChI=1S/C33H30F3NO7/c34-33(35,36)27-15-12-23(32-31(27)26(20-37(32)21-30(41)42)28(38)16-17-29(39)40)11-8-22-9-13-25(14-10-22)44-19-5-4-18-43-24-6-2-1-3-7-24/h1-3,6-15,20H,4-5,16-19,21H2,(H,39,40)(H,41,42). The van der Waals surface area contributed by atoms with Crippen molar-refractivity contribution in [3.8, 4) is 11.5 Å². The molecule has 4 aromatic rings. The zero-order valence-corrected chi connectivity index (χ0v) is 23.5. The van der Waals surface area contributed by atoms with Crippen molar-refractivity contribution in [1.82, 2.24) is 4.57 Å². The Kier molecular flexibility index (Phi) is 10.4. The molecule has 0 bridgehead atoms. The van der Waals surface area contributed by atoms with Crippen LogP contribution in [-0.4, -0.2) is 45.7 Å². The number of para-hydroxylation sites is 1.